The number of hydrogen-bond acceptors (Lipinski definition) is 7. The van der Waals surface area contributed by atoms with Gasteiger partial charge in [-0.1, -0.05) is 43.9 Å². The molecule has 1 saturated heterocycles. The van der Waals surface area contributed by atoms with Crippen LogP contribution in [0.2, 0.25) is 0 Å². The van der Waals surface area contributed by atoms with E-state index < -0.39 is 0 Å². The zero-order valence-electron chi connectivity index (χ0n) is 17.4. The number of nitrogens with zero attached hydrogens (tertiary/aromatic N) is 3. The summed E-state index contributed by atoms with van der Waals surface area (Å²) in [6.45, 7) is 6.96. The lowest BCUT2D eigenvalue weighted by molar-refractivity contribution is -0.122. The van der Waals surface area contributed by atoms with E-state index in [2.05, 4.69) is 24.1 Å². The zero-order chi connectivity index (χ0) is 22.1. The fourth-order valence-electron chi connectivity index (χ4n) is 3.15. The van der Waals surface area contributed by atoms with Crippen LogP contribution in [0.3, 0.4) is 0 Å². The molecular weight excluding hydrogens is 432 g/mol. The van der Waals surface area contributed by atoms with Crippen molar-refractivity contribution in [2.24, 2.45) is 5.92 Å². The maximum absolute atomic E-state index is 13.3. The molecule has 0 aliphatic carbocycles. The summed E-state index contributed by atoms with van der Waals surface area (Å²) in [4.78, 5) is 32.8. The van der Waals surface area contributed by atoms with Gasteiger partial charge in [-0.2, -0.15) is 0 Å². The Morgan fingerprint density at radius 3 is 2.81 bits per heavy atom. The molecular formula is C22H22N4O3S2. The lowest BCUT2D eigenvalue weighted by Crippen LogP contribution is -2.27. The van der Waals surface area contributed by atoms with Crippen molar-refractivity contribution in [3.8, 4) is 0 Å². The number of nitrogens with one attached hydrogen (secondary N) is 1. The Labute approximate surface area is 189 Å². The van der Waals surface area contributed by atoms with Gasteiger partial charge in [0, 0.05) is 12.7 Å². The highest BCUT2D eigenvalue weighted by Crippen LogP contribution is 2.34. The summed E-state index contributed by atoms with van der Waals surface area (Å²) in [6.07, 6.45) is 4.89. The van der Waals surface area contributed by atoms with Crippen LogP contribution in [0.5, 0.6) is 0 Å². The molecule has 31 heavy (non-hydrogen) atoms. The quantitative estimate of drug-likeness (QED) is 0.444. The summed E-state index contributed by atoms with van der Waals surface area (Å²) in [5.41, 5.74) is 1.58. The van der Waals surface area contributed by atoms with Gasteiger partial charge in [-0.15, -0.1) is 0 Å². The number of hydrogen-bond donors (Lipinski definition) is 1. The molecule has 0 saturated carbocycles. The van der Waals surface area contributed by atoms with Gasteiger partial charge >= 0.3 is 0 Å². The van der Waals surface area contributed by atoms with Gasteiger partial charge in [0.25, 0.3) is 11.5 Å². The fraction of sp³-hybridized carbons (Fsp3) is 0.273. The molecule has 160 valence electrons. The third kappa shape index (κ3) is 4.42. The number of pyridine rings is 1. The van der Waals surface area contributed by atoms with Gasteiger partial charge in [0.1, 0.15) is 21.5 Å². The average Bonchev–Trinajstić information content (AvgIpc) is 3.33. The highest BCUT2D eigenvalue weighted by Gasteiger charge is 2.33. The lowest BCUT2D eigenvalue weighted by Gasteiger charge is -2.13. The first-order chi connectivity index (χ1) is 14.8. The Morgan fingerprint density at radius 1 is 1.29 bits per heavy atom. The van der Waals surface area contributed by atoms with Crippen molar-refractivity contribution in [3.05, 3.63) is 68.9 Å². The van der Waals surface area contributed by atoms with Gasteiger partial charge < -0.3 is 9.73 Å². The van der Waals surface area contributed by atoms with Crippen molar-refractivity contribution in [2.75, 3.05) is 11.9 Å². The third-order valence-corrected chi connectivity index (χ3v) is 6.10. The number of carbonyl (C=O) groups is 1. The summed E-state index contributed by atoms with van der Waals surface area (Å²) in [6, 6.07) is 7.27. The molecule has 1 amide bonds. The van der Waals surface area contributed by atoms with E-state index in [0.717, 1.165) is 5.56 Å². The number of rotatable bonds is 6. The van der Waals surface area contributed by atoms with E-state index in [4.69, 9.17) is 16.6 Å². The number of amides is 1. The van der Waals surface area contributed by atoms with Crippen LogP contribution >= 0.6 is 24.0 Å². The molecule has 1 fully saturated rings. The predicted molar refractivity (Wildman–Crippen MR) is 127 cm³/mol. The molecule has 1 aliphatic heterocycles. The van der Waals surface area contributed by atoms with Crippen LogP contribution in [0.1, 0.15) is 30.7 Å². The summed E-state index contributed by atoms with van der Waals surface area (Å²) in [7, 11) is 0. The number of thioether (sulfide) groups is 1. The molecule has 7 nitrogen and oxygen atoms in total. The van der Waals surface area contributed by atoms with Crippen LogP contribution in [0.15, 0.2) is 50.8 Å². The average molecular weight is 455 g/mol. The number of carbonyl (C=O) groups excluding carboxylic acids is 1. The van der Waals surface area contributed by atoms with Gasteiger partial charge in [-0.25, -0.2) is 4.98 Å². The third-order valence-electron chi connectivity index (χ3n) is 4.73. The van der Waals surface area contributed by atoms with E-state index in [1.165, 1.54) is 21.1 Å². The van der Waals surface area contributed by atoms with Crippen molar-refractivity contribution >= 4 is 51.7 Å². The fourth-order valence-corrected chi connectivity index (χ4v) is 4.39. The number of thiocarbonyl (C=S) groups is 1. The van der Waals surface area contributed by atoms with E-state index in [1.54, 1.807) is 30.7 Å². The molecule has 1 aliphatic rings. The number of aromatic nitrogens is 2. The van der Waals surface area contributed by atoms with Crippen molar-refractivity contribution in [1.29, 1.82) is 0 Å². The monoisotopic (exact) mass is 454 g/mol. The maximum Gasteiger partial charge on any atom is 0.267 e. The van der Waals surface area contributed by atoms with E-state index in [-0.39, 0.29) is 18.0 Å². The van der Waals surface area contributed by atoms with Crippen LogP contribution < -0.4 is 10.9 Å². The molecule has 3 aromatic rings. The topological polar surface area (TPSA) is 79.8 Å². The van der Waals surface area contributed by atoms with Crippen molar-refractivity contribution in [2.45, 2.75) is 27.3 Å². The molecule has 1 N–H and O–H groups in total. The van der Waals surface area contributed by atoms with Gasteiger partial charge in [-0.3, -0.25) is 18.9 Å². The van der Waals surface area contributed by atoms with E-state index >= 15 is 0 Å². The Balaban J connectivity index is 1.77. The number of aryl methyl sites for hydroxylation is 1. The van der Waals surface area contributed by atoms with Gasteiger partial charge in [0.05, 0.1) is 23.3 Å². The zero-order valence-corrected chi connectivity index (χ0v) is 19.0. The maximum atomic E-state index is 13.3. The molecule has 0 unspecified atom stereocenters. The molecule has 0 bridgehead atoms. The van der Waals surface area contributed by atoms with Crippen LogP contribution in [-0.2, 0) is 11.3 Å². The van der Waals surface area contributed by atoms with Gasteiger partial charge in [-0.05, 0) is 42.7 Å². The van der Waals surface area contributed by atoms with E-state index in [9.17, 15) is 9.59 Å². The first kappa shape index (κ1) is 21.3. The number of furan rings is 1. The van der Waals surface area contributed by atoms with Crippen LogP contribution in [0.25, 0.3) is 11.7 Å². The second-order valence-corrected chi connectivity index (χ2v) is 9.41. The van der Waals surface area contributed by atoms with Crippen molar-refractivity contribution in [1.82, 2.24) is 14.3 Å². The van der Waals surface area contributed by atoms with Crippen molar-refractivity contribution < 1.29 is 9.21 Å². The molecule has 0 aromatic carbocycles. The van der Waals surface area contributed by atoms with Crippen LogP contribution in [0.4, 0.5) is 5.82 Å². The summed E-state index contributed by atoms with van der Waals surface area (Å²) in [5.74, 6) is 1.20. The smallest absolute Gasteiger partial charge is 0.267 e. The Kier molecular flexibility index (Phi) is 5.97. The Morgan fingerprint density at radius 2 is 2.10 bits per heavy atom. The SMILES string of the molecule is Cc1ccc2nc(NCC(C)C)c(C=C3SC(=S)N(Cc4ccco4)C3=O)c(=O)n2c1. The largest absolute Gasteiger partial charge is 0.467 e. The summed E-state index contributed by atoms with van der Waals surface area (Å²) < 4.78 is 7.27. The van der Waals surface area contributed by atoms with Crippen LogP contribution in [-0.4, -0.2) is 31.1 Å². The molecule has 0 atom stereocenters. The second kappa shape index (κ2) is 8.68. The van der Waals surface area contributed by atoms with E-state index in [0.29, 0.717) is 44.5 Å². The van der Waals surface area contributed by atoms with Crippen molar-refractivity contribution in [3.63, 3.8) is 0 Å². The minimum absolute atomic E-state index is 0.240. The normalized spacial score (nSPS) is 15.6. The first-order valence-electron chi connectivity index (χ1n) is 9.88. The molecule has 4 heterocycles. The second-order valence-electron chi connectivity index (χ2n) is 7.74. The summed E-state index contributed by atoms with van der Waals surface area (Å²) in [5, 5.41) is 3.26. The highest BCUT2D eigenvalue weighted by molar-refractivity contribution is 8.26. The predicted octanol–water partition coefficient (Wildman–Crippen LogP) is 4.07. The first-order valence-corrected chi connectivity index (χ1v) is 11.1. The Hall–Kier alpha value is -2.91. The number of anilines is 1. The molecule has 0 radical (unpaired) electrons. The standard InChI is InChI=1S/C22H22N4O3S2/c1-13(2)10-23-19-16(20(27)25-11-14(3)6-7-18(25)24-19)9-17-21(28)26(22(30)31-17)12-15-5-4-8-29-15/h4-9,11,13,23H,10,12H2,1-3H3. The minimum atomic E-state index is -0.255. The Bertz CT molecular complexity index is 1250. The molecule has 0 spiro atoms. The molecule has 9 heteroatoms. The minimum Gasteiger partial charge on any atom is -0.467 e. The van der Waals surface area contributed by atoms with Crippen LogP contribution in [0, 0.1) is 12.8 Å². The van der Waals surface area contributed by atoms with Gasteiger partial charge in [0.15, 0.2) is 0 Å². The number of fused-ring (bicyclic) bond motifs is 1. The summed E-state index contributed by atoms with van der Waals surface area (Å²) >= 11 is 6.57. The lowest BCUT2D eigenvalue weighted by atomic mass is 10.2. The van der Waals surface area contributed by atoms with Gasteiger partial charge in [0.2, 0.25) is 0 Å². The highest BCUT2D eigenvalue weighted by atomic mass is 32.2. The van der Waals surface area contributed by atoms with E-state index in [1.807, 2.05) is 19.1 Å². The molecule has 3 aromatic heterocycles. The molecule has 4 rings (SSSR count).